The van der Waals surface area contributed by atoms with Gasteiger partial charge in [0.05, 0.1) is 48.5 Å². The minimum absolute atomic E-state index is 0.136. The Kier molecular flexibility index (Phi) is 12.3. The highest BCUT2D eigenvalue weighted by Crippen LogP contribution is 2.27. The van der Waals surface area contributed by atoms with Crippen molar-refractivity contribution in [1.29, 1.82) is 0 Å². The van der Waals surface area contributed by atoms with E-state index in [1.807, 2.05) is 6.92 Å². The normalized spacial score (nSPS) is 12.8. The zero-order valence-corrected chi connectivity index (χ0v) is 22.7. The van der Waals surface area contributed by atoms with Crippen molar-refractivity contribution >= 4 is 23.9 Å². The summed E-state index contributed by atoms with van der Waals surface area (Å²) in [6, 6.07) is 7.48. The smallest absolute Gasteiger partial charge is 0.391 e. The first-order valence-corrected chi connectivity index (χ1v) is 12.6. The Hall–Kier alpha value is -3.97. The summed E-state index contributed by atoms with van der Waals surface area (Å²) in [6.45, 7) is 4.55. The molecule has 0 saturated carbocycles. The summed E-state index contributed by atoms with van der Waals surface area (Å²) in [4.78, 5) is 49.0. The summed E-state index contributed by atoms with van der Waals surface area (Å²) < 4.78 is 57.2. The second kappa shape index (κ2) is 15.1. The summed E-state index contributed by atoms with van der Waals surface area (Å²) in [7, 11) is 0. The summed E-state index contributed by atoms with van der Waals surface area (Å²) in [6.07, 6.45) is -6.38. The van der Waals surface area contributed by atoms with E-state index in [1.54, 1.807) is 6.92 Å². The Morgan fingerprint density at radius 2 is 1.15 bits per heavy atom. The van der Waals surface area contributed by atoms with Crippen LogP contribution in [0.15, 0.2) is 36.4 Å². The molecule has 13 heteroatoms. The number of halogens is 3. The van der Waals surface area contributed by atoms with Crippen LogP contribution in [-0.2, 0) is 18.9 Å². The van der Waals surface area contributed by atoms with Crippen LogP contribution in [0.3, 0.4) is 0 Å². The molecule has 2 N–H and O–H groups in total. The Bertz CT molecular complexity index is 1240. The maximum Gasteiger partial charge on any atom is 0.391 e. The van der Waals surface area contributed by atoms with Crippen LogP contribution in [0.2, 0.25) is 0 Å². The van der Waals surface area contributed by atoms with Crippen molar-refractivity contribution in [2.75, 3.05) is 26.4 Å². The van der Waals surface area contributed by atoms with Crippen molar-refractivity contribution in [3.8, 4) is 11.1 Å². The van der Waals surface area contributed by atoms with Gasteiger partial charge in [-0.15, -0.1) is 0 Å². The molecule has 2 aromatic rings. The summed E-state index contributed by atoms with van der Waals surface area (Å²) >= 11 is 0. The minimum atomic E-state index is -4.39. The van der Waals surface area contributed by atoms with E-state index in [-0.39, 0.29) is 41.0 Å². The number of carbonyl (C=O) groups is 4. The standard InChI is InChI=1S/C28H31F3O10/c1-4-10-38-14-16(2)40-26(36)20-7-5-18(12-22(20)24(32)33)19-6-8-21(23(13-19)25(34)35)27(37)41-17(3)15-39-11-9-28(29,30)31/h5-8,12-13,16-17H,4,9-11,14-15H2,1-3H3,(H,32,33)(H,34,35). The zero-order valence-electron chi connectivity index (χ0n) is 22.7. The molecular formula is C28H31F3O10. The van der Waals surface area contributed by atoms with E-state index >= 15 is 0 Å². The maximum absolute atomic E-state index is 12.6. The SMILES string of the molecule is CCCOCC(C)OC(=O)c1ccc(-c2ccc(C(=O)OC(C)COCCC(F)(F)F)c(C(=O)O)c2)cc1C(=O)O. The van der Waals surface area contributed by atoms with Crippen LogP contribution in [0, 0.1) is 0 Å². The summed E-state index contributed by atoms with van der Waals surface area (Å²) in [5.41, 5.74) is -0.916. The van der Waals surface area contributed by atoms with E-state index in [0.717, 1.165) is 12.5 Å². The molecule has 0 heterocycles. The lowest BCUT2D eigenvalue weighted by Gasteiger charge is -2.16. The van der Waals surface area contributed by atoms with Crippen LogP contribution in [-0.4, -0.2) is 78.9 Å². The number of hydrogen-bond donors (Lipinski definition) is 2. The van der Waals surface area contributed by atoms with Gasteiger partial charge in [-0.1, -0.05) is 19.1 Å². The second-order valence-corrected chi connectivity index (χ2v) is 9.08. The molecule has 2 atom stereocenters. The minimum Gasteiger partial charge on any atom is -0.478 e. The van der Waals surface area contributed by atoms with Crippen LogP contribution < -0.4 is 0 Å². The molecule has 0 spiro atoms. The maximum atomic E-state index is 12.6. The van der Waals surface area contributed by atoms with Gasteiger partial charge in [0.1, 0.15) is 12.2 Å². The summed E-state index contributed by atoms with van der Waals surface area (Å²) in [5, 5.41) is 19.4. The van der Waals surface area contributed by atoms with Crippen molar-refractivity contribution in [3.05, 3.63) is 58.7 Å². The fourth-order valence-electron chi connectivity index (χ4n) is 3.55. The van der Waals surface area contributed by atoms with Crippen molar-refractivity contribution in [3.63, 3.8) is 0 Å². The molecule has 0 bridgehead atoms. The first kappa shape index (κ1) is 33.2. The lowest BCUT2D eigenvalue weighted by Crippen LogP contribution is -2.23. The van der Waals surface area contributed by atoms with Crippen LogP contribution in [0.4, 0.5) is 13.2 Å². The quantitative estimate of drug-likeness (QED) is 0.211. The molecule has 0 aliphatic rings. The number of carbonyl (C=O) groups excluding carboxylic acids is 2. The Balaban J connectivity index is 2.22. The first-order valence-electron chi connectivity index (χ1n) is 12.6. The van der Waals surface area contributed by atoms with Crippen LogP contribution in [0.5, 0.6) is 0 Å². The number of esters is 2. The third-order valence-electron chi connectivity index (χ3n) is 5.47. The third-order valence-corrected chi connectivity index (χ3v) is 5.47. The Labute approximate surface area is 234 Å². The van der Waals surface area contributed by atoms with E-state index in [1.165, 1.54) is 37.3 Å². The monoisotopic (exact) mass is 584 g/mol. The van der Waals surface area contributed by atoms with Gasteiger partial charge in [0.25, 0.3) is 0 Å². The van der Waals surface area contributed by atoms with Crippen molar-refractivity contribution in [2.45, 2.75) is 52.0 Å². The van der Waals surface area contributed by atoms with Gasteiger partial charge in [0.2, 0.25) is 0 Å². The van der Waals surface area contributed by atoms with Crippen molar-refractivity contribution in [2.24, 2.45) is 0 Å². The highest BCUT2D eigenvalue weighted by molar-refractivity contribution is 6.05. The average molecular weight is 585 g/mol. The van der Waals surface area contributed by atoms with Gasteiger partial charge in [-0.2, -0.15) is 13.2 Å². The molecule has 10 nitrogen and oxygen atoms in total. The molecule has 0 radical (unpaired) electrons. The third kappa shape index (κ3) is 10.5. The predicted molar refractivity (Wildman–Crippen MR) is 138 cm³/mol. The zero-order chi connectivity index (χ0) is 30.7. The number of rotatable bonds is 15. The van der Waals surface area contributed by atoms with E-state index in [9.17, 15) is 42.6 Å². The molecular weight excluding hydrogens is 553 g/mol. The average Bonchev–Trinajstić information content (AvgIpc) is 2.89. The van der Waals surface area contributed by atoms with Crippen LogP contribution in [0.25, 0.3) is 11.1 Å². The second-order valence-electron chi connectivity index (χ2n) is 9.08. The van der Waals surface area contributed by atoms with Gasteiger partial charge in [-0.25, -0.2) is 19.2 Å². The van der Waals surface area contributed by atoms with Crippen LogP contribution >= 0.6 is 0 Å². The fraction of sp³-hybridized carbons (Fsp3) is 0.429. The van der Waals surface area contributed by atoms with Gasteiger partial charge < -0.3 is 29.2 Å². The van der Waals surface area contributed by atoms with Gasteiger partial charge in [0, 0.05) is 6.61 Å². The highest BCUT2D eigenvalue weighted by Gasteiger charge is 2.27. The molecule has 0 aromatic heterocycles. The molecule has 0 fully saturated rings. The first-order chi connectivity index (χ1) is 19.2. The van der Waals surface area contributed by atoms with Gasteiger partial charge in [-0.05, 0) is 55.7 Å². The van der Waals surface area contributed by atoms with Gasteiger partial charge >= 0.3 is 30.1 Å². The molecule has 0 aliphatic heterocycles. The topological polar surface area (TPSA) is 146 Å². The molecule has 0 saturated heterocycles. The van der Waals surface area contributed by atoms with E-state index < -0.39 is 60.9 Å². The molecule has 2 aromatic carbocycles. The summed E-state index contributed by atoms with van der Waals surface area (Å²) in [5.74, 6) is -4.81. The lowest BCUT2D eigenvalue weighted by atomic mass is 9.95. The Morgan fingerprint density at radius 3 is 1.51 bits per heavy atom. The predicted octanol–water partition coefficient (Wildman–Crippen LogP) is 5.24. The number of benzene rings is 2. The van der Waals surface area contributed by atoms with Crippen molar-refractivity contribution in [1.82, 2.24) is 0 Å². The number of alkyl halides is 3. The number of carboxylic acid groups (broad SMARTS) is 2. The van der Waals surface area contributed by atoms with E-state index in [0.29, 0.717) is 6.61 Å². The molecule has 0 aliphatic carbocycles. The van der Waals surface area contributed by atoms with E-state index in [4.69, 9.17) is 18.9 Å². The van der Waals surface area contributed by atoms with Gasteiger partial charge in [-0.3, -0.25) is 0 Å². The number of aromatic carboxylic acids is 2. The van der Waals surface area contributed by atoms with Gasteiger partial charge in [0.15, 0.2) is 0 Å². The van der Waals surface area contributed by atoms with E-state index in [2.05, 4.69) is 0 Å². The number of ether oxygens (including phenoxy) is 4. The number of carboxylic acids is 2. The molecule has 224 valence electrons. The molecule has 41 heavy (non-hydrogen) atoms. The van der Waals surface area contributed by atoms with Crippen molar-refractivity contribution < 1.29 is 61.5 Å². The number of hydrogen-bond acceptors (Lipinski definition) is 8. The molecule has 2 unspecified atom stereocenters. The largest absolute Gasteiger partial charge is 0.478 e. The molecule has 0 amide bonds. The molecule has 2 rings (SSSR count). The Morgan fingerprint density at radius 1 is 0.732 bits per heavy atom. The highest BCUT2D eigenvalue weighted by atomic mass is 19.4. The lowest BCUT2D eigenvalue weighted by molar-refractivity contribution is -0.147. The van der Waals surface area contributed by atoms with Crippen LogP contribution in [0.1, 0.15) is 75.0 Å². The fourth-order valence-corrected chi connectivity index (χ4v) is 3.55.